The molecule has 7 heteroatoms. The smallest absolute Gasteiger partial charge is 0.214 e. The van der Waals surface area contributed by atoms with E-state index < -0.39 is 0 Å². The summed E-state index contributed by atoms with van der Waals surface area (Å²) in [6.45, 7) is 5.23. The Morgan fingerprint density at radius 1 is 1.23 bits per heavy atom. The number of halogens is 2. The molecule has 0 unspecified atom stereocenters. The van der Waals surface area contributed by atoms with Crippen LogP contribution < -0.4 is 10.6 Å². The molecular weight excluding hydrogens is 463 g/mol. The van der Waals surface area contributed by atoms with E-state index in [0.717, 1.165) is 29.0 Å². The zero-order valence-corrected chi connectivity index (χ0v) is 18.5. The SMILES string of the molecule is CN=C(NCc1nc(C)c(C)o1)NCC1(c2ccc(Cl)cc2)CCC1.I. The molecule has 0 aliphatic heterocycles. The van der Waals surface area contributed by atoms with E-state index in [1.807, 2.05) is 26.0 Å². The summed E-state index contributed by atoms with van der Waals surface area (Å²) in [7, 11) is 1.77. The number of oxazole rings is 1. The second-order valence-corrected chi connectivity index (χ2v) is 7.11. The monoisotopic (exact) mass is 488 g/mol. The van der Waals surface area contributed by atoms with Gasteiger partial charge in [-0.15, -0.1) is 24.0 Å². The summed E-state index contributed by atoms with van der Waals surface area (Å²) >= 11 is 6.03. The van der Waals surface area contributed by atoms with Gasteiger partial charge in [-0.2, -0.15) is 0 Å². The van der Waals surface area contributed by atoms with Crippen molar-refractivity contribution in [3.05, 3.63) is 52.2 Å². The van der Waals surface area contributed by atoms with E-state index in [1.54, 1.807) is 7.05 Å². The molecule has 1 aliphatic rings. The van der Waals surface area contributed by atoms with Gasteiger partial charge < -0.3 is 15.1 Å². The average Bonchev–Trinajstić information content (AvgIpc) is 2.89. The van der Waals surface area contributed by atoms with Crippen LogP contribution in [0.25, 0.3) is 0 Å². The fourth-order valence-corrected chi connectivity index (χ4v) is 3.35. The van der Waals surface area contributed by atoms with Crippen LogP contribution in [-0.2, 0) is 12.0 Å². The van der Waals surface area contributed by atoms with Gasteiger partial charge in [-0.3, -0.25) is 4.99 Å². The van der Waals surface area contributed by atoms with Crippen LogP contribution in [0.4, 0.5) is 0 Å². The third kappa shape index (κ3) is 4.71. The minimum absolute atomic E-state index is 0. The molecule has 26 heavy (non-hydrogen) atoms. The molecule has 0 atom stereocenters. The molecule has 1 aromatic heterocycles. The minimum atomic E-state index is 0. The molecule has 0 radical (unpaired) electrons. The first kappa shape index (κ1) is 21.0. The topological polar surface area (TPSA) is 62.5 Å². The van der Waals surface area contributed by atoms with Gasteiger partial charge in [-0.25, -0.2) is 4.98 Å². The number of rotatable bonds is 5. The van der Waals surface area contributed by atoms with Crippen LogP contribution in [0.15, 0.2) is 33.7 Å². The maximum absolute atomic E-state index is 6.03. The molecule has 1 saturated carbocycles. The highest BCUT2D eigenvalue weighted by Crippen LogP contribution is 2.43. The van der Waals surface area contributed by atoms with Crippen molar-refractivity contribution in [2.45, 2.75) is 45.1 Å². The van der Waals surface area contributed by atoms with Crippen LogP contribution >= 0.6 is 35.6 Å². The molecular formula is C19H26ClIN4O. The summed E-state index contributed by atoms with van der Waals surface area (Å²) in [6, 6.07) is 8.21. The van der Waals surface area contributed by atoms with Gasteiger partial charge in [0.1, 0.15) is 5.76 Å². The Morgan fingerprint density at radius 3 is 2.42 bits per heavy atom. The van der Waals surface area contributed by atoms with Crippen LogP contribution in [0.3, 0.4) is 0 Å². The molecule has 5 nitrogen and oxygen atoms in total. The standard InChI is InChI=1S/C19H25ClN4O.HI/c1-13-14(2)25-17(24-13)11-22-18(21-3)23-12-19(9-4-10-19)15-5-7-16(20)8-6-15;/h5-8H,4,9-12H2,1-3H3,(H2,21,22,23);1H. The molecule has 3 rings (SSSR count). The Bertz CT molecular complexity index is 734. The number of aryl methyl sites for hydroxylation is 2. The van der Waals surface area contributed by atoms with E-state index in [1.165, 1.54) is 24.8 Å². The highest BCUT2D eigenvalue weighted by molar-refractivity contribution is 14.0. The molecule has 1 heterocycles. The first-order chi connectivity index (χ1) is 12.0. The maximum atomic E-state index is 6.03. The number of hydrogen-bond donors (Lipinski definition) is 2. The Hall–Kier alpha value is -1.28. The third-order valence-corrected chi connectivity index (χ3v) is 5.32. The molecule has 0 saturated heterocycles. The van der Waals surface area contributed by atoms with E-state index in [4.69, 9.17) is 16.0 Å². The molecule has 1 aromatic carbocycles. The number of aromatic nitrogens is 1. The van der Waals surface area contributed by atoms with Crippen LogP contribution in [-0.4, -0.2) is 24.5 Å². The van der Waals surface area contributed by atoms with Gasteiger partial charge in [0.05, 0.1) is 12.2 Å². The van der Waals surface area contributed by atoms with E-state index in [2.05, 4.69) is 32.7 Å². The molecule has 1 aliphatic carbocycles. The largest absolute Gasteiger partial charge is 0.444 e. The zero-order chi connectivity index (χ0) is 17.9. The van der Waals surface area contributed by atoms with E-state index in [-0.39, 0.29) is 29.4 Å². The lowest BCUT2D eigenvalue weighted by Crippen LogP contribution is -2.48. The number of nitrogens with zero attached hydrogens (tertiary/aromatic N) is 2. The fraction of sp³-hybridized carbons (Fsp3) is 0.474. The second kappa shape index (κ2) is 9.08. The van der Waals surface area contributed by atoms with Gasteiger partial charge in [0.15, 0.2) is 5.96 Å². The first-order valence-corrected chi connectivity index (χ1v) is 9.04. The second-order valence-electron chi connectivity index (χ2n) is 6.67. The normalized spacial score (nSPS) is 15.8. The molecule has 2 aromatic rings. The Labute approximate surface area is 177 Å². The van der Waals surface area contributed by atoms with Crippen LogP contribution in [0.1, 0.15) is 42.2 Å². The summed E-state index contributed by atoms with van der Waals surface area (Å²) < 4.78 is 5.60. The van der Waals surface area contributed by atoms with Gasteiger partial charge in [-0.1, -0.05) is 30.2 Å². The number of nitrogens with one attached hydrogen (secondary N) is 2. The van der Waals surface area contributed by atoms with Crippen molar-refractivity contribution in [2.75, 3.05) is 13.6 Å². The summed E-state index contributed by atoms with van der Waals surface area (Å²) in [6.07, 6.45) is 3.61. The van der Waals surface area contributed by atoms with Crippen molar-refractivity contribution in [3.63, 3.8) is 0 Å². The lowest BCUT2D eigenvalue weighted by molar-refractivity contribution is 0.243. The zero-order valence-electron chi connectivity index (χ0n) is 15.4. The van der Waals surface area contributed by atoms with E-state index in [0.29, 0.717) is 12.4 Å². The highest BCUT2D eigenvalue weighted by Gasteiger charge is 2.38. The summed E-state index contributed by atoms with van der Waals surface area (Å²) in [4.78, 5) is 8.69. The molecule has 142 valence electrons. The number of guanidine groups is 1. The predicted molar refractivity (Wildman–Crippen MR) is 117 cm³/mol. The van der Waals surface area contributed by atoms with E-state index in [9.17, 15) is 0 Å². The Balaban J connectivity index is 0.00000243. The summed E-state index contributed by atoms with van der Waals surface area (Å²) in [5.41, 5.74) is 2.43. The Kier molecular flexibility index (Phi) is 7.34. The van der Waals surface area contributed by atoms with Crippen molar-refractivity contribution in [1.29, 1.82) is 0 Å². The van der Waals surface area contributed by atoms with Crippen molar-refractivity contribution < 1.29 is 4.42 Å². The fourth-order valence-electron chi connectivity index (χ4n) is 3.22. The minimum Gasteiger partial charge on any atom is -0.444 e. The van der Waals surface area contributed by atoms with Crippen molar-refractivity contribution in [3.8, 4) is 0 Å². The van der Waals surface area contributed by atoms with Crippen LogP contribution in [0.2, 0.25) is 5.02 Å². The van der Waals surface area contributed by atoms with Crippen LogP contribution in [0, 0.1) is 13.8 Å². The predicted octanol–water partition coefficient (Wildman–Crippen LogP) is 4.35. The van der Waals surface area contributed by atoms with Gasteiger partial charge in [0.2, 0.25) is 5.89 Å². The van der Waals surface area contributed by atoms with Crippen molar-refractivity contribution in [1.82, 2.24) is 15.6 Å². The lowest BCUT2D eigenvalue weighted by atomic mass is 9.64. The quantitative estimate of drug-likeness (QED) is 0.373. The average molecular weight is 489 g/mol. The van der Waals surface area contributed by atoms with Crippen molar-refractivity contribution in [2.24, 2.45) is 4.99 Å². The summed E-state index contributed by atoms with van der Waals surface area (Å²) in [5, 5.41) is 7.50. The van der Waals surface area contributed by atoms with Gasteiger partial charge in [-0.05, 0) is 44.4 Å². The molecule has 0 bridgehead atoms. The summed E-state index contributed by atoms with van der Waals surface area (Å²) in [5.74, 6) is 2.29. The van der Waals surface area contributed by atoms with Gasteiger partial charge >= 0.3 is 0 Å². The number of hydrogen-bond acceptors (Lipinski definition) is 3. The molecule has 0 spiro atoms. The molecule has 1 fully saturated rings. The number of benzene rings is 1. The van der Waals surface area contributed by atoms with Gasteiger partial charge in [0.25, 0.3) is 0 Å². The first-order valence-electron chi connectivity index (χ1n) is 8.66. The lowest BCUT2D eigenvalue weighted by Gasteiger charge is -2.43. The van der Waals surface area contributed by atoms with Gasteiger partial charge in [0, 0.05) is 24.0 Å². The van der Waals surface area contributed by atoms with Crippen molar-refractivity contribution >= 4 is 41.5 Å². The van der Waals surface area contributed by atoms with E-state index >= 15 is 0 Å². The highest BCUT2D eigenvalue weighted by atomic mass is 127. The molecule has 2 N–H and O–H groups in total. The third-order valence-electron chi connectivity index (χ3n) is 5.06. The van der Waals surface area contributed by atoms with Crippen LogP contribution in [0.5, 0.6) is 0 Å². The Morgan fingerprint density at radius 2 is 1.92 bits per heavy atom. The maximum Gasteiger partial charge on any atom is 0.214 e. The number of aliphatic imine (C=N–C) groups is 1. The molecule has 0 amide bonds.